The zero-order valence-corrected chi connectivity index (χ0v) is 14.8. The molecule has 0 radical (unpaired) electrons. The van der Waals surface area contributed by atoms with Crippen LogP contribution in [0.25, 0.3) is 0 Å². The fraction of sp³-hybridized carbons (Fsp3) is 0.333. The Labute approximate surface area is 139 Å². The highest BCUT2D eigenvalue weighted by atomic mass is 79.9. The van der Waals surface area contributed by atoms with Gasteiger partial charge in [0, 0.05) is 19.8 Å². The van der Waals surface area contributed by atoms with E-state index in [1.807, 2.05) is 23.7 Å². The summed E-state index contributed by atoms with van der Waals surface area (Å²) in [4.78, 5) is 1.99. The predicted molar refractivity (Wildman–Crippen MR) is 94.4 cm³/mol. The van der Waals surface area contributed by atoms with Crippen LogP contribution < -0.4 is 5.32 Å². The standard InChI is InChI=1S/C15H19BrN4S/c1-4-11-5-7-12(8-6-11)18-15(21)19(2)10-14-13(16)9-17-20(14)3/h5-9H,4,10H2,1-3H3,(H,18,21). The molecule has 112 valence electrons. The molecule has 2 aromatic rings. The van der Waals surface area contributed by atoms with Crippen molar-refractivity contribution in [1.82, 2.24) is 14.7 Å². The maximum atomic E-state index is 5.45. The molecular weight excluding hydrogens is 348 g/mol. The van der Waals surface area contributed by atoms with Gasteiger partial charge in [-0.05, 0) is 52.3 Å². The van der Waals surface area contributed by atoms with Crippen molar-refractivity contribution in [3.05, 3.63) is 46.2 Å². The zero-order chi connectivity index (χ0) is 15.4. The lowest BCUT2D eigenvalue weighted by Gasteiger charge is -2.21. The molecule has 0 unspecified atom stereocenters. The first kappa shape index (κ1) is 16.0. The highest BCUT2D eigenvalue weighted by molar-refractivity contribution is 9.10. The summed E-state index contributed by atoms with van der Waals surface area (Å²) in [7, 11) is 3.89. The number of rotatable bonds is 4. The van der Waals surface area contributed by atoms with Crippen molar-refractivity contribution in [2.45, 2.75) is 19.9 Å². The van der Waals surface area contributed by atoms with E-state index in [1.165, 1.54) is 5.56 Å². The number of hydrogen-bond donors (Lipinski definition) is 1. The predicted octanol–water partition coefficient (Wildman–Crippen LogP) is 3.57. The normalized spacial score (nSPS) is 10.5. The molecule has 0 atom stereocenters. The van der Waals surface area contributed by atoms with Crippen molar-refractivity contribution in [2.24, 2.45) is 7.05 Å². The second-order valence-electron chi connectivity index (χ2n) is 4.90. The van der Waals surface area contributed by atoms with Crippen LogP contribution in [0, 0.1) is 0 Å². The molecule has 1 heterocycles. The van der Waals surface area contributed by atoms with E-state index in [-0.39, 0.29) is 0 Å². The first-order chi connectivity index (χ1) is 10.0. The molecule has 6 heteroatoms. The number of hydrogen-bond acceptors (Lipinski definition) is 2. The molecule has 1 aromatic carbocycles. The monoisotopic (exact) mass is 366 g/mol. The van der Waals surface area contributed by atoms with Gasteiger partial charge in [-0.1, -0.05) is 19.1 Å². The van der Waals surface area contributed by atoms with Crippen molar-refractivity contribution < 1.29 is 0 Å². The Morgan fingerprint density at radius 1 is 1.38 bits per heavy atom. The molecule has 0 saturated heterocycles. The molecule has 0 bridgehead atoms. The third-order valence-corrected chi connectivity index (χ3v) is 4.43. The van der Waals surface area contributed by atoms with Crippen molar-refractivity contribution >= 4 is 38.9 Å². The van der Waals surface area contributed by atoms with Crippen LogP contribution in [0.3, 0.4) is 0 Å². The molecule has 1 N–H and O–H groups in total. The molecule has 1 aromatic heterocycles. The van der Waals surface area contributed by atoms with Crippen LogP contribution in [0.4, 0.5) is 5.69 Å². The Hall–Kier alpha value is -1.40. The summed E-state index contributed by atoms with van der Waals surface area (Å²) >= 11 is 8.95. The van der Waals surface area contributed by atoms with Crippen molar-refractivity contribution in [3.63, 3.8) is 0 Å². The first-order valence-electron chi connectivity index (χ1n) is 6.78. The highest BCUT2D eigenvalue weighted by Crippen LogP contribution is 2.17. The Bertz CT molecular complexity index is 602. The highest BCUT2D eigenvalue weighted by Gasteiger charge is 2.11. The number of nitrogens with one attached hydrogen (secondary N) is 1. The van der Waals surface area contributed by atoms with Gasteiger partial charge < -0.3 is 10.2 Å². The van der Waals surface area contributed by atoms with E-state index in [9.17, 15) is 0 Å². The first-order valence-corrected chi connectivity index (χ1v) is 7.98. The third kappa shape index (κ3) is 4.04. The Balaban J connectivity index is 1.99. The van der Waals surface area contributed by atoms with E-state index in [4.69, 9.17) is 12.2 Å². The molecule has 21 heavy (non-hydrogen) atoms. The minimum absolute atomic E-state index is 0.687. The SMILES string of the molecule is CCc1ccc(NC(=S)N(C)Cc2c(Br)cnn2C)cc1. The van der Waals surface area contributed by atoms with Gasteiger partial charge in [-0.25, -0.2) is 0 Å². The summed E-state index contributed by atoms with van der Waals surface area (Å²) in [5.74, 6) is 0. The van der Waals surface area contributed by atoms with Gasteiger partial charge in [0.05, 0.1) is 22.9 Å². The molecule has 0 aliphatic heterocycles. The number of anilines is 1. The van der Waals surface area contributed by atoms with Crippen molar-refractivity contribution in [2.75, 3.05) is 12.4 Å². The summed E-state index contributed by atoms with van der Waals surface area (Å²) in [5, 5.41) is 8.16. The Morgan fingerprint density at radius 3 is 2.57 bits per heavy atom. The van der Waals surface area contributed by atoms with Gasteiger partial charge in [0.2, 0.25) is 0 Å². The summed E-state index contributed by atoms with van der Waals surface area (Å²) in [6.07, 6.45) is 2.84. The lowest BCUT2D eigenvalue weighted by atomic mass is 10.1. The van der Waals surface area contributed by atoms with Crippen LogP contribution in [-0.4, -0.2) is 26.8 Å². The molecular formula is C15H19BrN4S. The fourth-order valence-electron chi connectivity index (χ4n) is 1.95. The van der Waals surface area contributed by atoms with E-state index < -0.39 is 0 Å². The maximum Gasteiger partial charge on any atom is 0.173 e. The number of thiocarbonyl (C=S) groups is 1. The van der Waals surface area contributed by atoms with E-state index in [1.54, 1.807) is 6.20 Å². The van der Waals surface area contributed by atoms with Gasteiger partial charge in [0.1, 0.15) is 0 Å². The van der Waals surface area contributed by atoms with E-state index in [2.05, 4.69) is 57.5 Å². The molecule has 2 rings (SSSR count). The van der Waals surface area contributed by atoms with Gasteiger partial charge in [-0.15, -0.1) is 0 Å². The van der Waals surface area contributed by atoms with Crippen LogP contribution >= 0.6 is 28.1 Å². The average Bonchev–Trinajstić information content (AvgIpc) is 2.79. The topological polar surface area (TPSA) is 33.1 Å². The van der Waals surface area contributed by atoms with Crippen LogP contribution in [0.2, 0.25) is 0 Å². The largest absolute Gasteiger partial charge is 0.346 e. The number of halogens is 1. The quantitative estimate of drug-likeness (QED) is 0.838. The minimum Gasteiger partial charge on any atom is -0.346 e. The Morgan fingerprint density at radius 2 is 2.05 bits per heavy atom. The van der Waals surface area contributed by atoms with Gasteiger partial charge in [0.25, 0.3) is 0 Å². The second kappa shape index (κ2) is 7.04. The van der Waals surface area contributed by atoms with Crippen LogP contribution in [0.1, 0.15) is 18.2 Å². The summed E-state index contributed by atoms with van der Waals surface area (Å²) in [5.41, 5.74) is 3.41. The van der Waals surface area contributed by atoms with Crippen molar-refractivity contribution in [1.29, 1.82) is 0 Å². The van der Waals surface area contributed by atoms with E-state index in [0.717, 1.165) is 22.3 Å². The van der Waals surface area contributed by atoms with Crippen LogP contribution in [0.5, 0.6) is 0 Å². The van der Waals surface area contributed by atoms with Crippen LogP contribution in [0.15, 0.2) is 34.9 Å². The molecule has 0 aliphatic carbocycles. The molecule has 0 saturated carbocycles. The van der Waals surface area contributed by atoms with Gasteiger partial charge in [0.15, 0.2) is 5.11 Å². The summed E-state index contributed by atoms with van der Waals surface area (Å²) < 4.78 is 2.84. The lowest BCUT2D eigenvalue weighted by molar-refractivity contribution is 0.481. The molecule has 0 amide bonds. The smallest absolute Gasteiger partial charge is 0.173 e. The summed E-state index contributed by atoms with van der Waals surface area (Å²) in [6.45, 7) is 2.84. The average molecular weight is 367 g/mol. The molecule has 0 aliphatic rings. The minimum atomic E-state index is 0.687. The van der Waals surface area contributed by atoms with E-state index >= 15 is 0 Å². The van der Waals surface area contributed by atoms with Gasteiger partial charge in [-0.2, -0.15) is 5.10 Å². The zero-order valence-electron chi connectivity index (χ0n) is 12.4. The molecule has 4 nitrogen and oxygen atoms in total. The van der Waals surface area contributed by atoms with Gasteiger partial charge >= 0.3 is 0 Å². The van der Waals surface area contributed by atoms with Gasteiger partial charge in [-0.3, -0.25) is 4.68 Å². The number of nitrogens with zero attached hydrogens (tertiary/aromatic N) is 3. The number of aryl methyl sites for hydroxylation is 2. The maximum absolute atomic E-state index is 5.45. The number of aromatic nitrogens is 2. The van der Waals surface area contributed by atoms with E-state index in [0.29, 0.717) is 11.7 Å². The Kier molecular flexibility index (Phi) is 5.36. The second-order valence-corrected chi connectivity index (χ2v) is 6.14. The van der Waals surface area contributed by atoms with Crippen LogP contribution in [-0.2, 0) is 20.0 Å². The summed E-state index contributed by atoms with van der Waals surface area (Å²) in [6, 6.07) is 8.34. The molecule has 0 fully saturated rings. The van der Waals surface area contributed by atoms with Crippen molar-refractivity contribution in [3.8, 4) is 0 Å². The third-order valence-electron chi connectivity index (χ3n) is 3.36. The lowest BCUT2D eigenvalue weighted by Crippen LogP contribution is -2.31. The number of benzene rings is 1. The molecule has 0 spiro atoms. The fourth-order valence-corrected chi connectivity index (χ4v) is 2.61.